The van der Waals surface area contributed by atoms with Crippen LogP contribution in [0.3, 0.4) is 0 Å². The van der Waals surface area contributed by atoms with Crippen LogP contribution < -0.4 is 10.6 Å². The molecule has 1 aliphatic carbocycles. The van der Waals surface area contributed by atoms with Crippen LogP contribution in [0.2, 0.25) is 0 Å². The maximum atomic E-state index is 12.7. The molecule has 0 spiro atoms. The fraction of sp³-hybridized carbons (Fsp3) is 0.680. The van der Waals surface area contributed by atoms with E-state index >= 15 is 0 Å². The molecule has 3 rings (SSSR count). The van der Waals surface area contributed by atoms with Crippen molar-refractivity contribution in [1.29, 1.82) is 0 Å². The Balaban J connectivity index is 1.41. The lowest BCUT2D eigenvalue weighted by Crippen LogP contribution is -2.50. The average Bonchev–Trinajstić information content (AvgIpc) is 3.27. The highest BCUT2D eigenvalue weighted by molar-refractivity contribution is 5.77. The second kappa shape index (κ2) is 11.5. The molecule has 1 heterocycles. The van der Waals surface area contributed by atoms with Gasteiger partial charge in [-0.25, -0.2) is 4.79 Å². The first kappa shape index (κ1) is 23.6. The lowest BCUT2D eigenvalue weighted by Gasteiger charge is -2.33. The molecule has 2 N–H and O–H groups in total. The lowest BCUT2D eigenvalue weighted by atomic mass is 10.0. The molecule has 0 aromatic heterocycles. The second-order valence-corrected chi connectivity index (χ2v) is 9.44. The molecule has 6 heteroatoms. The SMILES string of the molecule is CCc1ccc(C(CNC(=O)N2CCC(NC(=O)CC3CCCC3)CC2)N(C)C)cc1. The van der Waals surface area contributed by atoms with E-state index in [1.165, 1.54) is 36.8 Å². The monoisotopic (exact) mass is 428 g/mol. The van der Waals surface area contributed by atoms with Gasteiger partial charge in [-0.3, -0.25) is 4.79 Å². The van der Waals surface area contributed by atoms with Crippen molar-refractivity contribution in [3.8, 4) is 0 Å². The zero-order valence-electron chi connectivity index (χ0n) is 19.5. The van der Waals surface area contributed by atoms with E-state index < -0.39 is 0 Å². The van der Waals surface area contributed by atoms with Crippen molar-refractivity contribution in [2.75, 3.05) is 33.7 Å². The number of amides is 3. The van der Waals surface area contributed by atoms with Gasteiger partial charge in [-0.2, -0.15) is 0 Å². The van der Waals surface area contributed by atoms with Crippen molar-refractivity contribution < 1.29 is 9.59 Å². The molecule has 172 valence electrons. The standard InChI is InChI=1S/C25H40N4O2/c1-4-19-9-11-21(12-10-19)23(28(2)3)18-26-25(31)29-15-13-22(14-16-29)27-24(30)17-20-7-5-6-8-20/h9-12,20,22-23H,4-8,13-18H2,1-3H3,(H,26,31)(H,27,30). The van der Waals surface area contributed by atoms with E-state index in [1.54, 1.807) is 0 Å². The molecule has 2 aliphatic rings. The van der Waals surface area contributed by atoms with Crippen LogP contribution in [-0.4, -0.2) is 61.5 Å². The summed E-state index contributed by atoms with van der Waals surface area (Å²) in [5.74, 6) is 0.770. The van der Waals surface area contributed by atoms with Gasteiger partial charge in [-0.1, -0.05) is 44.0 Å². The van der Waals surface area contributed by atoms with E-state index in [0.717, 1.165) is 19.3 Å². The summed E-state index contributed by atoms with van der Waals surface area (Å²) in [5.41, 5.74) is 2.54. The number of hydrogen-bond donors (Lipinski definition) is 2. The van der Waals surface area contributed by atoms with E-state index in [1.807, 2.05) is 19.0 Å². The van der Waals surface area contributed by atoms with Crippen molar-refractivity contribution in [2.24, 2.45) is 5.92 Å². The maximum absolute atomic E-state index is 12.7. The highest BCUT2D eigenvalue weighted by Gasteiger charge is 2.26. The Morgan fingerprint density at radius 1 is 1.06 bits per heavy atom. The number of piperidine rings is 1. The summed E-state index contributed by atoms with van der Waals surface area (Å²) in [4.78, 5) is 29.0. The number of carbonyl (C=O) groups is 2. The Morgan fingerprint density at radius 2 is 1.71 bits per heavy atom. The Labute approximate surface area is 187 Å². The molecule has 1 aromatic rings. The summed E-state index contributed by atoms with van der Waals surface area (Å²) in [6.45, 7) is 4.12. The topological polar surface area (TPSA) is 64.7 Å². The normalized spacial score (nSPS) is 18.9. The Bertz CT molecular complexity index is 705. The van der Waals surface area contributed by atoms with Gasteiger partial charge < -0.3 is 20.4 Å². The molecule has 6 nitrogen and oxygen atoms in total. The van der Waals surface area contributed by atoms with Gasteiger partial charge in [0.15, 0.2) is 0 Å². The Morgan fingerprint density at radius 3 is 2.29 bits per heavy atom. The van der Waals surface area contributed by atoms with Crippen LogP contribution in [-0.2, 0) is 11.2 Å². The molecule has 1 aliphatic heterocycles. The minimum atomic E-state index is -0.00670. The molecular weight excluding hydrogens is 388 g/mol. The van der Waals surface area contributed by atoms with Crippen LogP contribution in [0.4, 0.5) is 4.79 Å². The summed E-state index contributed by atoms with van der Waals surface area (Å²) in [5, 5.41) is 6.32. The number of urea groups is 1. The summed E-state index contributed by atoms with van der Waals surface area (Å²) in [6.07, 6.45) is 8.30. The Hall–Kier alpha value is -2.08. The number of nitrogens with zero attached hydrogens (tertiary/aromatic N) is 2. The Kier molecular flexibility index (Phi) is 8.76. The number of carbonyl (C=O) groups excluding carboxylic acids is 2. The molecule has 1 unspecified atom stereocenters. The highest BCUT2D eigenvalue weighted by atomic mass is 16.2. The summed E-state index contributed by atoms with van der Waals surface area (Å²) in [6, 6.07) is 8.99. The third-order valence-electron chi connectivity index (χ3n) is 6.94. The lowest BCUT2D eigenvalue weighted by molar-refractivity contribution is -0.122. The van der Waals surface area contributed by atoms with Gasteiger partial charge in [-0.15, -0.1) is 0 Å². The van der Waals surface area contributed by atoms with Crippen LogP contribution in [0.25, 0.3) is 0 Å². The molecule has 31 heavy (non-hydrogen) atoms. The second-order valence-electron chi connectivity index (χ2n) is 9.44. The van der Waals surface area contributed by atoms with Gasteiger partial charge in [0.2, 0.25) is 5.91 Å². The van der Waals surface area contributed by atoms with Crippen molar-refractivity contribution in [3.05, 3.63) is 35.4 Å². The molecule has 1 atom stereocenters. The molecule has 0 radical (unpaired) electrons. The van der Waals surface area contributed by atoms with Gasteiger partial charge in [-0.05, 0) is 63.2 Å². The van der Waals surface area contributed by atoms with E-state index in [0.29, 0.717) is 32.0 Å². The number of aryl methyl sites for hydroxylation is 1. The number of hydrogen-bond acceptors (Lipinski definition) is 3. The van der Waals surface area contributed by atoms with Gasteiger partial charge >= 0.3 is 6.03 Å². The van der Waals surface area contributed by atoms with E-state index in [9.17, 15) is 9.59 Å². The summed E-state index contributed by atoms with van der Waals surface area (Å²) < 4.78 is 0. The summed E-state index contributed by atoms with van der Waals surface area (Å²) in [7, 11) is 4.09. The molecule has 0 bridgehead atoms. The summed E-state index contributed by atoms with van der Waals surface area (Å²) >= 11 is 0. The number of likely N-dealkylation sites (tertiary alicyclic amines) is 1. The van der Waals surface area contributed by atoms with Crippen LogP contribution in [0.5, 0.6) is 0 Å². The smallest absolute Gasteiger partial charge is 0.317 e. The van der Waals surface area contributed by atoms with Gasteiger partial charge in [0, 0.05) is 32.1 Å². The first-order valence-electron chi connectivity index (χ1n) is 12.0. The van der Waals surface area contributed by atoms with E-state index in [-0.39, 0.29) is 24.0 Å². The van der Waals surface area contributed by atoms with E-state index in [2.05, 4.69) is 46.7 Å². The number of benzene rings is 1. The fourth-order valence-corrected chi connectivity index (χ4v) is 4.86. The van der Waals surface area contributed by atoms with E-state index in [4.69, 9.17) is 0 Å². The van der Waals surface area contributed by atoms with Gasteiger partial charge in [0.05, 0.1) is 6.04 Å². The van der Waals surface area contributed by atoms with Crippen molar-refractivity contribution in [2.45, 2.75) is 70.4 Å². The first-order chi connectivity index (χ1) is 15.0. The van der Waals surface area contributed by atoms with Gasteiger partial charge in [0.1, 0.15) is 0 Å². The zero-order chi connectivity index (χ0) is 22.2. The predicted octanol–water partition coefficient (Wildman–Crippen LogP) is 3.72. The molecule has 2 fully saturated rings. The van der Waals surface area contributed by atoms with Crippen LogP contribution in [0.1, 0.15) is 69.0 Å². The number of likely N-dealkylation sites (N-methyl/N-ethyl adjacent to an activating group) is 1. The third kappa shape index (κ3) is 6.96. The average molecular weight is 429 g/mol. The molecule has 1 aromatic carbocycles. The van der Waals surface area contributed by atoms with Gasteiger partial charge in [0.25, 0.3) is 0 Å². The largest absolute Gasteiger partial charge is 0.353 e. The number of rotatable bonds is 8. The molecule has 1 saturated heterocycles. The van der Waals surface area contributed by atoms with Crippen molar-refractivity contribution in [1.82, 2.24) is 20.4 Å². The van der Waals surface area contributed by atoms with Crippen molar-refractivity contribution in [3.63, 3.8) is 0 Å². The molecular formula is C25H40N4O2. The minimum Gasteiger partial charge on any atom is -0.353 e. The third-order valence-corrected chi connectivity index (χ3v) is 6.94. The van der Waals surface area contributed by atoms with Crippen molar-refractivity contribution >= 4 is 11.9 Å². The zero-order valence-corrected chi connectivity index (χ0v) is 19.5. The number of nitrogens with one attached hydrogen (secondary N) is 2. The van der Waals surface area contributed by atoms with Crippen LogP contribution in [0.15, 0.2) is 24.3 Å². The highest BCUT2D eigenvalue weighted by Crippen LogP contribution is 2.27. The van der Waals surface area contributed by atoms with Crippen LogP contribution >= 0.6 is 0 Å². The first-order valence-corrected chi connectivity index (χ1v) is 12.0. The predicted molar refractivity (Wildman–Crippen MR) is 125 cm³/mol. The fourth-order valence-electron chi connectivity index (χ4n) is 4.86. The molecule has 1 saturated carbocycles. The maximum Gasteiger partial charge on any atom is 0.317 e. The molecule has 3 amide bonds. The van der Waals surface area contributed by atoms with Crippen LogP contribution in [0, 0.1) is 5.92 Å². The quantitative estimate of drug-likeness (QED) is 0.663. The minimum absolute atomic E-state index is 0.00670.